The second kappa shape index (κ2) is 12.9. The lowest BCUT2D eigenvalue weighted by atomic mass is 9.87. The van der Waals surface area contributed by atoms with Gasteiger partial charge in [-0.15, -0.1) is 0 Å². The van der Waals surface area contributed by atoms with E-state index in [9.17, 15) is 5.11 Å². The Morgan fingerprint density at radius 2 is 1.68 bits per heavy atom. The van der Waals surface area contributed by atoms with Gasteiger partial charge in [-0.3, -0.25) is 4.90 Å². The van der Waals surface area contributed by atoms with E-state index in [1.165, 1.54) is 16.8 Å². The molecule has 0 aliphatic carbocycles. The van der Waals surface area contributed by atoms with Gasteiger partial charge in [-0.05, 0) is 34.2 Å². The van der Waals surface area contributed by atoms with Crippen LogP contribution in [0.15, 0.2) is 72.9 Å². The van der Waals surface area contributed by atoms with Crippen molar-refractivity contribution in [1.29, 1.82) is 0 Å². The minimum Gasteiger partial charge on any atom is -0.389 e. The highest BCUT2D eigenvalue weighted by molar-refractivity contribution is 5.28. The molecule has 1 heterocycles. The van der Waals surface area contributed by atoms with Gasteiger partial charge >= 0.3 is 0 Å². The second-order valence-corrected chi connectivity index (χ2v) is 9.96. The highest BCUT2D eigenvalue weighted by Crippen LogP contribution is 2.22. The second-order valence-electron chi connectivity index (χ2n) is 9.96. The molecule has 0 unspecified atom stereocenters. The Balaban J connectivity index is 1.56. The maximum absolute atomic E-state index is 10.6. The molecule has 5 nitrogen and oxygen atoms in total. The largest absolute Gasteiger partial charge is 0.389 e. The van der Waals surface area contributed by atoms with Crippen molar-refractivity contribution in [3.63, 3.8) is 0 Å². The Labute approximate surface area is 204 Å². The molecular weight excluding hydrogens is 424 g/mol. The standard InChI is InChI=1S/C29H40N2O3/c1-29(2,3)26-14-12-24(13-15-26)19-31-16-8-11-27(31)20-30(17-18-33-4)21-28(32)23-34-22-25-9-6-5-7-10-25/h5-16,28,32H,17-23H2,1-4H3/t28-/m1/s1. The summed E-state index contributed by atoms with van der Waals surface area (Å²) in [4.78, 5) is 2.23. The topological polar surface area (TPSA) is 46.9 Å². The van der Waals surface area contributed by atoms with Crippen LogP contribution in [0.25, 0.3) is 0 Å². The summed E-state index contributed by atoms with van der Waals surface area (Å²) < 4.78 is 13.3. The van der Waals surface area contributed by atoms with Crippen LogP contribution in [0.4, 0.5) is 0 Å². The van der Waals surface area contributed by atoms with Crippen molar-refractivity contribution >= 4 is 0 Å². The van der Waals surface area contributed by atoms with Crippen molar-refractivity contribution < 1.29 is 14.6 Å². The third-order valence-electron chi connectivity index (χ3n) is 5.98. The number of benzene rings is 2. The van der Waals surface area contributed by atoms with E-state index in [-0.39, 0.29) is 5.41 Å². The minimum atomic E-state index is -0.561. The van der Waals surface area contributed by atoms with Crippen LogP contribution >= 0.6 is 0 Å². The molecule has 0 radical (unpaired) electrons. The normalized spacial score (nSPS) is 12.9. The molecule has 5 heteroatoms. The summed E-state index contributed by atoms with van der Waals surface area (Å²) in [6.45, 7) is 11.0. The average molecular weight is 465 g/mol. The van der Waals surface area contributed by atoms with E-state index < -0.39 is 6.10 Å². The summed E-state index contributed by atoms with van der Waals surface area (Å²) in [6.07, 6.45) is 1.56. The Morgan fingerprint density at radius 1 is 0.941 bits per heavy atom. The fourth-order valence-corrected chi connectivity index (χ4v) is 3.98. The summed E-state index contributed by atoms with van der Waals surface area (Å²) >= 11 is 0. The van der Waals surface area contributed by atoms with Crippen LogP contribution in [-0.2, 0) is 34.6 Å². The summed E-state index contributed by atoms with van der Waals surface area (Å²) in [7, 11) is 1.71. The molecule has 0 bridgehead atoms. The predicted octanol–water partition coefficient (Wildman–Crippen LogP) is 4.86. The molecule has 0 spiro atoms. The number of hydrogen-bond donors (Lipinski definition) is 1. The molecule has 3 aromatic rings. The van der Waals surface area contributed by atoms with Crippen LogP contribution in [0, 0.1) is 0 Å². The van der Waals surface area contributed by atoms with Gasteiger partial charge in [0.25, 0.3) is 0 Å². The van der Waals surface area contributed by atoms with Crippen molar-refractivity contribution in [2.24, 2.45) is 0 Å². The van der Waals surface area contributed by atoms with E-state index in [0.29, 0.717) is 26.4 Å². The summed E-state index contributed by atoms with van der Waals surface area (Å²) in [6, 6.07) is 23.2. The molecule has 1 N–H and O–H groups in total. The third-order valence-corrected chi connectivity index (χ3v) is 5.98. The zero-order chi connectivity index (χ0) is 24.4. The maximum atomic E-state index is 10.6. The van der Waals surface area contributed by atoms with Gasteiger partial charge < -0.3 is 19.1 Å². The Bertz CT molecular complexity index is 961. The van der Waals surface area contributed by atoms with E-state index in [1.807, 2.05) is 30.3 Å². The Kier molecular flexibility index (Phi) is 9.90. The molecule has 34 heavy (non-hydrogen) atoms. The molecule has 3 rings (SSSR count). The third kappa shape index (κ3) is 8.41. The number of ether oxygens (including phenoxy) is 2. The number of aliphatic hydroxyl groups is 1. The minimum absolute atomic E-state index is 0.157. The molecule has 1 atom stereocenters. The molecule has 2 aromatic carbocycles. The van der Waals surface area contributed by atoms with Crippen molar-refractivity contribution in [2.75, 3.05) is 33.4 Å². The molecule has 0 saturated heterocycles. The zero-order valence-corrected chi connectivity index (χ0v) is 21.1. The molecule has 0 aliphatic heterocycles. The first-order chi connectivity index (χ1) is 16.3. The number of rotatable bonds is 13. The SMILES string of the molecule is COCCN(Cc1cccn1Cc1ccc(C(C)(C)C)cc1)C[C@@H](O)COCc1ccccc1. The summed E-state index contributed by atoms with van der Waals surface area (Å²) in [5.41, 5.74) is 5.11. The predicted molar refractivity (Wildman–Crippen MR) is 138 cm³/mol. The van der Waals surface area contributed by atoms with Gasteiger partial charge in [0.2, 0.25) is 0 Å². The van der Waals surface area contributed by atoms with Gasteiger partial charge in [-0.1, -0.05) is 75.4 Å². The number of nitrogens with zero attached hydrogens (tertiary/aromatic N) is 2. The van der Waals surface area contributed by atoms with E-state index >= 15 is 0 Å². The Hall–Kier alpha value is -2.44. The van der Waals surface area contributed by atoms with Gasteiger partial charge in [0, 0.05) is 45.2 Å². The average Bonchev–Trinajstić information content (AvgIpc) is 3.24. The van der Waals surface area contributed by atoms with Crippen molar-refractivity contribution in [2.45, 2.75) is 52.0 Å². The first-order valence-electron chi connectivity index (χ1n) is 12.1. The maximum Gasteiger partial charge on any atom is 0.0900 e. The van der Waals surface area contributed by atoms with E-state index in [1.54, 1.807) is 7.11 Å². The number of hydrogen-bond acceptors (Lipinski definition) is 4. The fourth-order valence-electron chi connectivity index (χ4n) is 3.98. The van der Waals surface area contributed by atoms with Crippen LogP contribution in [0.3, 0.4) is 0 Å². The quantitative estimate of drug-likeness (QED) is 0.392. The van der Waals surface area contributed by atoms with Crippen LogP contribution in [-0.4, -0.2) is 54.1 Å². The molecule has 0 saturated carbocycles. The van der Waals surface area contributed by atoms with Crippen molar-refractivity contribution in [3.05, 3.63) is 95.3 Å². The molecule has 0 aliphatic rings. The molecule has 184 valence electrons. The lowest BCUT2D eigenvalue weighted by Gasteiger charge is -2.25. The van der Waals surface area contributed by atoms with Crippen LogP contribution < -0.4 is 0 Å². The van der Waals surface area contributed by atoms with Gasteiger partial charge in [-0.25, -0.2) is 0 Å². The van der Waals surface area contributed by atoms with Gasteiger partial charge in [0.15, 0.2) is 0 Å². The first-order valence-corrected chi connectivity index (χ1v) is 12.1. The van der Waals surface area contributed by atoms with E-state index in [4.69, 9.17) is 9.47 Å². The summed E-state index contributed by atoms with van der Waals surface area (Å²) in [5.74, 6) is 0. The Morgan fingerprint density at radius 3 is 2.35 bits per heavy atom. The van der Waals surface area contributed by atoms with Crippen molar-refractivity contribution in [1.82, 2.24) is 9.47 Å². The molecular formula is C29H40N2O3. The van der Waals surface area contributed by atoms with E-state index in [2.05, 4.69) is 72.8 Å². The highest BCUT2D eigenvalue weighted by Gasteiger charge is 2.16. The van der Waals surface area contributed by atoms with E-state index in [0.717, 1.165) is 25.2 Å². The fraction of sp³-hybridized carbons (Fsp3) is 0.448. The van der Waals surface area contributed by atoms with Crippen molar-refractivity contribution in [3.8, 4) is 0 Å². The van der Waals surface area contributed by atoms with Crippen LogP contribution in [0.2, 0.25) is 0 Å². The van der Waals surface area contributed by atoms with Crippen LogP contribution in [0.1, 0.15) is 43.2 Å². The molecule has 0 fully saturated rings. The summed E-state index contributed by atoms with van der Waals surface area (Å²) in [5, 5.41) is 10.6. The lowest BCUT2D eigenvalue weighted by Crippen LogP contribution is -2.37. The van der Waals surface area contributed by atoms with Gasteiger partial charge in [0.05, 0.1) is 25.9 Å². The zero-order valence-electron chi connectivity index (χ0n) is 21.1. The van der Waals surface area contributed by atoms with Gasteiger partial charge in [0.1, 0.15) is 0 Å². The first kappa shape index (κ1) is 26.2. The van der Waals surface area contributed by atoms with Gasteiger partial charge in [-0.2, -0.15) is 0 Å². The molecule has 1 aromatic heterocycles. The van der Waals surface area contributed by atoms with Crippen LogP contribution in [0.5, 0.6) is 0 Å². The highest BCUT2D eigenvalue weighted by atomic mass is 16.5. The lowest BCUT2D eigenvalue weighted by molar-refractivity contribution is 0.00443. The number of methoxy groups -OCH3 is 1. The smallest absolute Gasteiger partial charge is 0.0900 e. The monoisotopic (exact) mass is 464 g/mol. The number of aromatic nitrogens is 1. The molecule has 0 amide bonds. The number of aliphatic hydroxyl groups excluding tert-OH is 1.